The van der Waals surface area contributed by atoms with Gasteiger partial charge in [-0.25, -0.2) is 0 Å². The standard InChI is InChI=1S/C9H9F3N2O2/c10-9(11,12)8(15)6-3-13-14(4-6)7-1-2-16-5-7/h3-4,7H,1-2,5H2/t7-/m1/s1. The highest BCUT2D eigenvalue weighted by molar-refractivity contribution is 5.99. The Labute approximate surface area is 89.0 Å². The molecule has 88 valence electrons. The van der Waals surface area contributed by atoms with Crippen LogP contribution in [0.3, 0.4) is 0 Å². The van der Waals surface area contributed by atoms with Gasteiger partial charge >= 0.3 is 6.18 Å². The summed E-state index contributed by atoms with van der Waals surface area (Å²) in [7, 11) is 0. The minimum Gasteiger partial charge on any atom is -0.379 e. The predicted molar refractivity (Wildman–Crippen MR) is 47.1 cm³/mol. The molecule has 2 heterocycles. The van der Waals surface area contributed by atoms with Crippen LogP contribution in [0.2, 0.25) is 0 Å². The third kappa shape index (κ3) is 2.08. The maximum absolute atomic E-state index is 12.1. The quantitative estimate of drug-likeness (QED) is 0.730. The van der Waals surface area contributed by atoms with Crippen molar-refractivity contribution in [2.24, 2.45) is 0 Å². The molecule has 0 unspecified atom stereocenters. The zero-order valence-corrected chi connectivity index (χ0v) is 8.20. The Hall–Kier alpha value is -1.37. The zero-order chi connectivity index (χ0) is 11.8. The van der Waals surface area contributed by atoms with Crippen LogP contribution in [-0.2, 0) is 4.74 Å². The van der Waals surface area contributed by atoms with Gasteiger partial charge in [-0.2, -0.15) is 18.3 Å². The number of carbonyl (C=O) groups excluding carboxylic acids is 1. The summed E-state index contributed by atoms with van der Waals surface area (Å²) in [5, 5.41) is 3.75. The van der Waals surface area contributed by atoms with Crippen molar-refractivity contribution in [1.82, 2.24) is 9.78 Å². The monoisotopic (exact) mass is 234 g/mol. The molecule has 16 heavy (non-hydrogen) atoms. The van der Waals surface area contributed by atoms with Gasteiger partial charge in [0.15, 0.2) is 0 Å². The fraction of sp³-hybridized carbons (Fsp3) is 0.556. The molecule has 0 amide bonds. The lowest BCUT2D eigenvalue weighted by molar-refractivity contribution is -0.0885. The number of hydrogen-bond acceptors (Lipinski definition) is 3. The molecule has 1 fully saturated rings. The summed E-state index contributed by atoms with van der Waals surface area (Å²) in [5.41, 5.74) is -0.431. The van der Waals surface area contributed by atoms with Gasteiger partial charge in [-0.1, -0.05) is 0 Å². The van der Waals surface area contributed by atoms with Crippen LogP contribution >= 0.6 is 0 Å². The zero-order valence-electron chi connectivity index (χ0n) is 8.20. The van der Waals surface area contributed by atoms with Crippen LogP contribution in [0.4, 0.5) is 13.2 Å². The molecule has 0 spiro atoms. The van der Waals surface area contributed by atoms with Gasteiger partial charge < -0.3 is 4.74 Å². The first-order valence-corrected chi connectivity index (χ1v) is 4.72. The Bertz CT molecular complexity index is 394. The lowest BCUT2D eigenvalue weighted by atomic mass is 10.2. The van der Waals surface area contributed by atoms with E-state index in [1.807, 2.05) is 0 Å². The summed E-state index contributed by atoms with van der Waals surface area (Å²) in [6, 6.07) is -0.0743. The fourth-order valence-corrected chi connectivity index (χ4v) is 1.55. The van der Waals surface area contributed by atoms with Crippen molar-refractivity contribution in [3.05, 3.63) is 18.0 Å². The van der Waals surface area contributed by atoms with Crippen LogP contribution in [0.25, 0.3) is 0 Å². The van der Waals surface area contributed by atoms with E-state index in [4.69, 9.17) is 4.74 Å². The number of Topliss-reactive ketones (excluding diaryl/α,β-unsaturated/α-hetero) is 1. The predicted octanol–water partition coefficient (Wildman–Crippen LogP) is 1.59. The van der Waals surface area contributed by atoms with Crippen LogP contribution in [0.1, 0.15) is 22.8 Å². The molecular formula is C9H9F3N2O2. The highest BCUT2D eigenvalue weighted by atomic mass is 19.4. The molecule has 0 aliphatic carbocycles. The normalized spacial score (nSPS) is 21.3. The second-order valence-electron chi connectivity index (χ2n) is 3.55. The molecule has 4 nitrogen and oxygen atoms in total. The summed E-state index contributed by atoms with van der Waals surface area (Å²) >= 11 is 0. The number of halogens is 3. The number of carbonyl (C=O) groups is 1. The molecule has 0 N–H and O–H groups in total. The van der Waals surface area contributed by atoms with E-state index in [1.54, 1.807) is 0 Å². The lowest BCUT2D eigenvalue weighted by Gasteiger charge is -2.06. The number of nitrogens with zero attached hydrogens (tertiary/aromatic N) is 2. The van der Waals surface area contributed by atoms with Gasteiger partial charge in [0.05, 0.1) is 24.4 Å². The Morgan fingerprint density at radius 1 is 1.56 bits per heavy atom. The summed E-state index contributed by atoms with van der Waals surface area (Å²) < 4.78 is 42.8. The number of ketones is 1. The first kappa shape index (κ1) is 11.1. The average Bonchev–Trinajstić information content (AvgIpc) is 2.85. The number of aromatic nitrogens is 2. The molecule has 2 rings (SSSR count). The van der Waals surface area contributed by atoms with Gasteiger partial charge in [0.1, 0.15) is 0 Å². The summed E-state index contributed by atoms with van der Waals surface area (Å²) in [4.78, 5) is 10.9. The van der Waals surface area contributed by atoms with Crippen molar-refractivity contribution in [3.8, 4) is 0 Å². The van der Waals surface area contributed by atoms with Crippen LogP contribution in [0.5, 0.6) is 0 Å². The number of rotatable bonds is 2. The van der Waals surface area contributed by atoms with E-state index in [1.165, 1.54) is 4.68 Å². The molecule has 1 aromatic rings. The van der Waals surface area contributed by atoms with E-state index in [-0.39, 0.29) is 6.04 Å². The number of ether oxygens (including phenoxy) is 1. The maximum atomic E-state index is 12.1. The second kappa shape index (κ2) is 3.89. The van der Waals surface area contributed by atoms with E-state index in [0.717, 1.165) is 12.4 Å². The summed E-state index contributed by atoms with van der Waals surface area (Å²) in [6.45, 7) is 0.981. The molecule has 1 aliphatic heterocycles. The van der Waals surface area contributed by atoms with E-state index in [0.29, 0.717) is 19.6 Å². The Morgan fingerprint density at radius 2 is 2.31 bits per heavy atom. The Balaban J connectivity index is 2.16. The molecule has 1 aliphatic rings. The Kier molecular flexibility index (Phi) is 2.71. The van der Waals surface area contributed by atoms with E-state index < -0.39 is 17.5 Å². The lowest BCUT2D eigenvalue weighted by Crippen LogP contribution is -2.22. The maximum Gasteiger partial charge on any atom is 0.454 e. The van der Waals surface area contributed by atoms with Crippen molar-refractivity contribution in [2.75, 3.05) is 13.2 Å². The third-order valence-corrected chi connectivity index (χ3v) is 2.40. The van der Waals surface area contributed by atoms with Gasteiger partial charge in [0.25, 0.3) is 5.78 Å². The van der Waals surface area contributed by atoms with Crippen molar-refractivity contribution in [3.63, 3.8) is 0 Å². The first-order valence-electron chi connectivity index (χ1n) is 4.72. The Morgan fingerprint density at radius 3 is 2.88 bits per heavy atom. The molecule has 1 saturated heterocycles. The van der Waals surface area contributed by atoms with Crippen molar-refractivity contribution >= 4 is 5.78 Å². The van der Waals surface area contributed by atoms with E-state index in [2.05, 4.69) is 5.10 Å². The minimum absolute atomic E-state index is 0.0743. The summed E-state index contributed by atoms with van der Waals surface area (Å²) in [6.07, 6.45) is -2.09. The van der Waals surface area contributed by atoms with Crippen LogP contribution in [-0.4, -0.2) is 35.0 Å². The topological polar surface area (TPSA) is 44.1 Å². The fourth-order valence-electron chi connectivity index (χ4n) is 1.55. The first-order chi connectivity index (χ1) is 7.48. The molecule has 0 bridgehead atoms. The number of hydrogen-bond donors (Lipinski definition) is 0. The van der Waals surface area contributed by atoms with Crippen LogP contribution in [0.15, 0.2) is 12.4 Å². The van der Waals surface area contributed by atoms with Crippen molar-refractivity contribution in [1.29, 1.82) is 0 Å². The smallest absolute Gasteiger partial charge is 0.379 e. The van der Waals surface area contributed by atoms with Crippen molar-refractivity contribution in [2.45, 2.75) is 18.6 Å². The third-order valence-electron chi connectivity index (χ3n) is 2.40. The minimum atomic E-state index is -4.85. The van der Waals surface area contributed by atoms with Gasteiger partial charge in [-0.15, -0.1) is 0 Å². The average molecular weight is 234 g/mol. The van der Waals surface area contributed by atoms with Gasteiger partial charge in [-0.05, 0) is 6.42 Å². The summed E-state index contributed by atoms with van der Waals surface area (Å²) in [5.74, 6) is -1.86. The van der Waals surface area contributed by atoms with Crippen molar-refractivity contribution < 1.29 is 22.7 Å². The molecule has 0 radical (unpaired) electrons. The second-order valence-corrected chi connectivity index (χ2v) is 3.55. The molecule has 7 heteroatoms. The molecule has 1 atom stereocenters. The van der Waals surface area contributed by atoms with Crippen LogP contribution < -0.4 is 0 Å². The largest absolute Gasteiger partial charge is 0.454 e. The number of alkyl halides is 3. The molecular weight excluding hydrogens is 225 g/mol. The molecule has 1 aromatic heterocycles. The highest BCUT2D eigenvalue weighted by Gasteiger charge is 2.40. The van der Waals surface area contributed by atoms with Gasteiger partial charge in [-0.3, -0.25) is 9.48 Å². The van der Waals surface area contributed by atoms with Crippen LogP contribution in [0, 0.1) is 0 Å². The van der Waals surface area contributed by atoms with E-state index >= 15 is 0 Å². The van der Waals surface area contributed by atoms with Gasteiger partial charge in [0.2, 0.25) is 0 Å². The SMILES string of the molecule is O=C(c1cnn([C@@H]2CCOC2)c1)C(F)(F)F. The molecule has 0 aromatic carbocycles. The highest BCUT2D eigenvalue weighted by Crippen LogP contribution is 2.23. The van der Waals surface area contributed by atoms with E-state index in [9.17, 15) is 18.0 Å². The van der Waals surface area contributed by atoms with Gasteiger partial charge in [0, 0.05) is 12.8 Å². The molecule has 0 saturated carbocycles.